The second kappa shape index (κ2) is 7.55. The Hall–Kier alpha value is -3.62. The van der Waals surface area contributed by atoms with Gasteiger partial charge in [-0.1, -0.05) is 6.07 Å². The molecule has 1 aromatic heterocycles. The minimum atomic E-state index is -4.81. The number of nitrogens with one attached hydrogen (secondary N) is 2. The molecule has 3 rings (SSSR count). The van der Waals surface area contributed by atoms with E-state index in [1.54, 1.807) is 0 Å². The van der Waals surface area contributed by atoms with Gasteiger partial charge in [-0.05, 0) is 48.5 Å². The molecule has 0 bridgehead atoms. The molecule has 3 aromatic rings. The van der Waals surface area contributed by atoms with Gasteiger partial charge in [-0.15, -0.1) is 0 Å². The van der Waals surface area contributed by atoms with Gasteiger partial charge in [0.2, 0.25) is 0 Å². The van der Waals surface area contributed by atoms with Crippen molar-refractivity contribution < 1.29 is 31.6 Å². The molecule has 2 amide bonds. The van der Waals surface area contributed by atoms with E-state index in [1.807, 2.05) is 0 Å². The summed E-state index contributed by atoms with van der Waals surface area (Å²) in [6, 6.07) is 10.2. The predicted molar refractivity (Wildman–Crippen MR) is 92.5 cm³/mol. The average Bonchev–Trinajstić information content (AvgIpc) is 3.17. The van der Waals surface area contributed by atoms with Crippen molar-refractivity contribution in [3.63, 3.8) is 0 Å². The van der Waals surface area contributed by atoms with Gasteiger partial charge in [-0.3, -0.25) is 9.59 Å². The predicted octanol–water partition coefficient (Wildman–Crippen LogP) is 4.94. The summed E-state index contributed by atoms with van der Waals surface area (Å²) in [7, 11) is 0. The van der Waals surface area contributed by atoms with E-state index in [9.17, 15) is 27.2 Å². The molecule has 2 aromatic carbocycles. The van der Waals surface area contributed by atoms with Crippen molar-refractivity contribution >= 4 is 23.2 Å². The van der Waals surface area contributed by atoms with Crippen LogP contribution in [0, 0.1) is 5.82 Å². The first-order valence-electron chi connectivity index (χ1n) is 7.87. The van der Waals surface area contributed by atoms with Gasteiger partial charge in [0.15, 0.2) is 5.76 Å². The number of hydrogen-bond acceptors (Lipinski definition) is 3. The maximum absolute atomic E-state index is 13.4. The smallest absolute Gasteiger partial charge is 0.418 e. The first kappa shape index (κ1) is 19.2. The normalized spacial score (nSPS) is 11.1. The number of benzene rings is 2. The van der Waals surface area contributed by atoms with E-state index in [0.717, 1.165) is 18.2 Å². The Kier molecular flexibility index (Phi) is 5.16. The van der Waals surface area contributed by atoms with E-state index >= 15 is 0 Å². The Labute approximate surface area is 156 Å². The van der Waals surface area contributed by atoms with Crippen LogP contribution in [0.4, 0.5) is 28.9 Å². The number of carbonyl (C=O) groups excluding carboxylic acids is 2. The topological polar surface area (TPSA) is 71.3 Å². The van der Waals surface area contributed by atoms with Crippen LogP contribution in [0.25, 0.3) is 0 Å². The van der Waals surface area contributed by atoms with Gasteiger partial charge in [0, 0.05) is 11.3 Å². The number of amides is 2. The molecule has 28 heavy (non-hydrogen) atoms. The van der Waals surface area contributed by atoms with Gasteiger partial charge in [-0.2, -0.15) is 13.2 Å². The van der Waals surface area contributed by atoms with Crippen molar-refractivity contribution in [3.05, 3.63) is 83.6 Å². The second-order valence-electron chi connectivity index (χ2n) is 5.65. The molecule has 1 heterocycles. The fourth-order valence-corrected chi connectivity index (χ4v) is 2.39. The summed E-state index contributed by atoms with van der Waals surface area (Å²) in [5.41, 5.74) is -1.98. The highest BCUT2D eigenvalue weighted by molar-refractivity contribution is 6.05. The summed E-state index contributed by atoms with van der Waals surface area (Å²) in [5.74, 6) is -2.40. The molecule has 0 unspecified atom stereocenters. The van der Waals surface area contributed by atoms with Crippen molar-refractivity contribution in [1.82, 2.24) is 0 Å². The van der Waals surface area contributed by atoms with Crippen molar-refractivity contribution in [2.45, 2.75) is 6.18 Å². The monoisotopic (exact) mass is 392 g/mol. The fourth-order valence-electron chi connectivity index (χ4n) is 2.39. The first-order valence-corrected chi connectivity index (χ1v) is 7.87. The molecule has 0 atom stereocenters. The molecule has 9 heteroatoms. The van der Waals surface area contributed by atoms with Crippen molar-refractivity contribution in [3.8, 4) is 0 Å². The van der Waals surface area contributed by atoms with Crippen LogP contribution in [0.2, 0.25) is 0 Å². The Morgan fingerprint density at radius 1 is 0.893 bits per heavy atom. The van der Waals surface area contributed by atoms with Crippen LogP contribution in [-0.4, -0.2) is 11.8 Å². The zero-order valence-electron chi connectivity index (χ0n) is 14.0. The van der Waals surface area contributed by atoms with Crippen molar-refractivity contribution in [2.24, 2.45) is 0 Å². The highest BCUT2D eigenvalue weighted by Gasteiger charge is 2.34. The highest BCUT2D eigenvalue weighted by Crippen LogP contribution is 2.37. The van der Waals surface area contributed by atoms with Crippen LogP contribution >= 0.6 is 0 Å². The molecule has 2 N–H and O–H groups in total. The Balaban J connectivity index is 1.87. The van der Waals surface area contributed by atoms with E-state index in [4.69, 9.17) is 4.42 Å². The fraction of sp³-hybridized carbons (Fsp3) is 0.0526. The third-order valence-electron chi connectivity index (χ3n) is 3.66. The molecule has 5 nitrogen and oxygen atoms in total. The number of halogens is 4. The Bertz CT molecular complexity index is 1010. The third kappa shape index (κ3) is 4.37. The Morgan fingerprint density at radius 2 is 1.68 bits per heavy atom. The van der Waals surface area contributed by atoms with Crippen molar-refractivity contribution in [2.75, 3.05) is 10.6 Å². The maximum atomic E-state index is 13.4. The van der Waals surface area contributed by atoms with E-state index in [1.165, 1.54) is 36.6 Å². The van der Waals surface area contributed by atoms with E-state index in [-0.39, 0.29) is 17.0 Å². The molecule has 0 radical (unpaired) electrons. The second-order valence-corrected chi connectivity index (χ2v) is 5.65. The minimum absolute atomic E-state index is 0.0722. The van der Waals surface area contributed by atoms with Crippen LogP contribution in [0.15, 0.2) is 65.3 Å². The average molecular weight is 392 g/mol. The van der Waals surface area contributed by atoms with Gasteiger partial charge in [0.25, 0.3) is 11.8 Å². The minimum Gasteiger partial charge on any atom is -0.459 e. The molecule has 0 saturated heterocycles. The molecule has 0 spiro atoms. The first-order chi connectivity index (χ1) is 13.2. The van der Waals surface area contributed by atoms with E-state index in [0.29, 0.717) is 6.07 Å². The summed E-state index contributed by atoms with van der Waals surface area (Å²) in [6.07, 6.45) is -3.56. The number of anilines is 2. The van der Waals surface area contributed by atoms with E-state index < -0.39 is 35.1 Å². The third-order valence-corrected chi connectivity index (χ3v) is 3.66. The number of carbonyl (C=O) groups is 2. The van der Waals surface area contributed by atoms with Crippen molar-refractivity contribution in [1.29, 1.82) is 0 Å². The highest BCUT2D eigenvalue weighted by atomic mass is 19.4. The lowest BCUT2D eigenvalue weighted by Crippen LogP contribution is -2.18. The number of alkyl halides is 3. The molecule has 0 aliphatic heterocycles. The summed E-state index contributed by atoms with van der Waals surface area (Å²) in [6.45, 7) is 0. The number of rotatable bonds is 4. The molecule has 0 fully saturated rings. The summed E-state index contributed by atoms with van der Waals surface area (Å²) >= 11 is 0. The zero-order chi connectivity index (χ0) is 20.3. The van der Waals surface area contributed by atoms with Gasteiger partial charge in [-0.25, -0.2) is 4.39 Å². The zero-order valence-corrected chi connectivity index (χ0v) is 14.0. The number of furan rings is 1. The molecular weight excluding hydrogens is 380 g/mol. The van der Waals surface area contributed by atoms with Gasteiger partial charge < -0.3 is 15.1 Å². The lowest BCUT2D eigenvalue weighted by molar-refractivity contribution is -0.136. The van der Waals surface area contributed by atoms with Crippen LogP contribution in [0.1, 0.15) is 26.5 Å². The molecular formula is C19H12F4N2O3. The SMILES string of the molecule is O=C(Nc1ccc(NC(=O)c2ccco2)cc1C(F)(F)F)c1cccc(F)c1. The van der Waals surface area contributed by atoms with Gasteiger partial charge in [0.1, 0.15) is 5.82 Å². The summed E-state index contributed by atoms with van der Waals surface area (Å²) in [5, 5.41) is 4.39. The molecule has 144 valence electrons. The lowest BCUT2D eigenvalue weighted by atomic mass is 10.1. The lowest BCUT2D eigenvalue weighted by Gasteiger charge is -2.15. The van der Waals surface area contributed by atoms with Crippen LogP contribution < -0.4 is 10.6 Å². The van der Waals surface area contributed by atoms with Gasteiger partial charge in [0.05, 0.1) is 17.5 Å². The Morgan fingerprint density at radius 3 is 2.32 bits per heavy atom. The van der Waals surface area contributed by atoms with Gasteiger partial charge >= 0.3 is 6.18 Å². The van der Waals surface area contributed by atoms with Crippen LogP contribution in [0.3, 0.4) is 0 Å². The molecule has 0 aliphatic carbocycles. The quantitative estimate of drug-likeness (QED) is 0.618. The van der Waals surface area contributed by atoms with Crippen LogP contribution in [-0.2, 0) is 6.18 Å². The summed E-state index contributed by atoms with van der Waals surface area (Å²) in [4.78, 5) is 24.1. The van der Waals surface area contributed by atoms with E-state index in [2.05, 4.69) is 10.6 Å². The molecule has 0 aliphatic rings. The number of hydrogen-bond donors (Lipinski definition) is 2. The largest absolute Gasteiger partial charge is 0.459 e. The summed E-state index contributed by atoms with van der Waals surface area (Å²) < 4.78 is 58.3. The standard InChI is InChI=1S/C19H12F4N2O3/c20-12-4-1-3-11(9-12)17(26)25-15-7-6-13(10-14(15)19(21,22)23)24-18(27)16-5-2-8-28-16/h1-10H,(H,24,27)(H,25,26). The van der Waals surface area contributed by atoms with Crippen LogP contribution in [0.5, 0.6) is 0 Å². The molecule has 0 saturated carbocycles. The maximum Gasteiger partial charge on any atom is 0.418 e.